The van der Waals surface area contributed by atoms with Gasteiger partial charge in [-0.05, 0) is 12.1 Å². The Balaban J connectivity index is 2.09. The van der Waals surface area contributed by atoms with Crippen molar-refractivity contribution in [3.63, 3.8) is 0 Å². The van der Waals surface area contributed by atoms with Gasteiger partial charge in [-0.2, -0.15) is 0 Å². The lowest BCUT2D eigenvalue weighted by Gasteiger charge is -2.41. The largest absolute Gasteiger partial charge is 0.478 e. The molecule has 2 aromatic rings. The van der Waals surface area contributed by atoms with E-state index in [0.29, 0.717) is 11.1 Å². The minimum Gasteiger partial charge on any atom is -0.478 e. The Morgan fingerprint density at radius 3 is 2.25 bits per heavy atom. The zero-order valence-electron chi connectivity index (χ0n) is 17.7. The lowest BCUT2D eigenvalue weighted by atomic mass is 10.0. The van der Waals surface area contributed by atoms with Gasteiger partial charge in [0, 0.05) is 44.0 Å². The van der Waals surface area contributed by atoms with Gasteiger partial charge in [0.25, 0.3) is 0 Å². The molecule has 170 valence electrons. The number of esters is 3. The maximum Gasteiger partial charge on any atom is 0.328 e. The second-order valence-corrected chi connectivity index (χ2v) is 7.20. The van der Waals surface area contributed by atoms with Crippen LogP contribution in [0.15, 0.2) is 36.5 Å². The number of nitrogens with zero attached hydrogens (tertiary/aromatic N) is 1. The van der Waals surface area contributed by atoms with Crippen LogP contribution in [0.2, 0.25) is 0 Å². The number of carboxylic acid groups (broad SMARTS) is 1. The zero-order valence-corrected chi connectivity index (χ0v) is 17.7. The third-order valence-electron chi connectivity index (χ3n) is 4.77. The van der Waals surface area contributed by atoms with Crippen molar-refractivity contribution in [3.8, 4) is 0 Å². The third kappa shape index (κ3) is 5.14. The first-order chi connectivity index (χ1) is 15.2. The van der Waals surface area contributed by atoms with Crippen LogP contribution in [0, 0.1) is 0 Å². The molecule has 1 aromatic carbocycles. The van der Waals surface area contributed by atoms with Crippen LogP contribution in [0.5, 0.6) is 0 Å². The molecule has 3 rings (SSSR count). The lowest BCUT2D eigenvalue weighted by molar-refractivity contribution is -0.239. The molecule has 0 amide bonds. The molecule has 0 aliphatic carbocycles. The maximum absolute atomic E-state index is 11.9. The summed E-state index contributed by atoms with van der Waals surface area (Å²) >= 11 is 0. The Kier molecular flexibility index (Phi) is 6.94. The van der Waals surface area contributed by atoms with E-state index >= 15 is 0 Å². The van der Waals surface area contributed by atoms with Crippen molar-refractivity contribution in [2.24, 2.45) is 0 Å². The first-order valence-electron chi connectivity index (χ1n) is 9.81. The summed E-state index contributed by atoms with van der Waals surface area (Å²) in [7, 11) is 0. The van der Waals surface area contributed by atoms with Gasteiger partial charge in [-0.25, -0.2) is 4.79 Å². The quantitative estimate of drug-likeness (QED) is 0.403. The second-order valence-electron chi connectivity index (χ2n) is 7.20. The molecule has 2 heterocycles. The molecule has 0 bridgehead atoms. The van der Waals surface area contributed by atoms with Crippen LogP contribution in [0.3, 0.4) is 0 Å². The average molecular weight is 445 g/mol. The van der Waals surface area contributed by atoms with E-state index in [1.165, 1.54) is 26.8 Å². The summed E-state index contributed by atoms with van der Waals surface area (Å²) in [5.74, 6) is -3.00. The summed E-state index contributed by atoms with van der Waals surface area (Å²) in [4.78, 5) is 46.2. The number of aromatic nitrogens is 1. The van der Waals surface area contributed by atoms with E-state index in [2.05, 4.69) is 0 Å². The van der Waals surface area contributed by atoms with Crippen molar-refractivity contribution in [2.45, 2.75) is 45.3 Å². The van der Waals surface area contributed by atoms with Crippen molar-refractivity contribution in [2.75, 3.05) is 6.61 Å². The second kappa shape index (κ2) is 9.65. The fraction of sp³-hybridized carbons (Fsp3) is 0.364. The van der Waals surface area contributed by atoms with Gasteiger partial charge in [-0.1, -0.05) is 18.2 Å². The number of carbonyl (C=O) groups is 4. The van der Waals surface area contributed by atoms with E-state index in [-0.39, 0.29) is 6.61 Å². The summed E-state index contributed by atoms with van der Waals surface area (Å²) in [6.45, 7) is 3.48. The number of benzene rings is 1. The van der Waals surface area contributed by atoms with Gasteiger partial charge >= 0.3 is 23.9 Å². The molecule has 1 aliphatic heterocycles. The molecular formula is C22H23NO9. The monoisotopic (exact) mass is 445 g/mol. The Morgan fingerprint density at radius 2 is 1.62 bits per heavy atom. The molecule has 0 saturated carbocycles. The molecule has 0 radical (unpaired) electrons. The number of ether oxygens (including phenoxy) is 4. The van der Waals surface area contributed by atoms with Crippen LogP contribution >= 0.6 is 0 Å². The van der Waals surface area contributed by atoms with E-state index in [0.717, 1.165) is 11.5 Å². The number of carbonyl (C=O) groups excluding carboxylic acids is 3. The molecule has 1 aromatic heterocycles. The van der Waals surface area contributed by atoms with E-state index in [4.69, 9.17) is 24.1 Å². The van der Waals surface area contributed by atoms with Gasteiger partial charge in [-0.15, -0.1) is 0 Å². The highest BCUT2D eigenvalue weighted by molar-refractivity contribution is 5.93. The molecule has 1 aliphatic rings. The Morgan fingerprint density at radius 1 is 1.00 bits per heavy atom. The first-order valence-corrected chi connectivity index (χ1v) is 9.81. The zero-order chi connectivity index (χ0) is 23.4. The fourth-order valence-corrected chi connectivity index (χ4v) is 3.70. The van der Waals surface area contributed by atoms with Gasteiger partial charge in [0.15, 0.2) is 24.5 Å². The van der Waals surface area contributed by atoms with Crippen LogP contribution in [0.1, 0.15) is 32.6 Å². The van der Waals surface area contributed by atoms with E-state index < -0.39 is 48.4 Å². The highest BCUT2D eigenvalue weighted by Gasteiger charge is 2.47. The highest BCUT2D eigenvalue weighted by Crippen LogP contribution is 2.35. The van der Waals surface area contributed by atoms with Crippen LogP contribution in [-0.2, 0) is 38.1 Å². The summed E-state index contributed by atoms with van der Waals surface area (Å²) < 4.78 is 23.7. The van der Waals surface area contributed by atoms with Crippen molar-refractivity contribution in [1.82, 2.24) is 4.57 Å². The van der Waals surface area contributed by atoms with Crippen LogP contribution in [0.25, 0.3) is 17.0 Å². The minimum atomic E-state index is -1.14. The molecular weight excluding hydrogens is 422 g/mol. The van der Waals surface area contributed by atoms with Crippen LogP contribution < -0.4 is 0 Å². The van der Waals surface area contributed by atoms with Crippen LogP contribution in [0.4, 0.5) is 0 Å². The first kappa shape index (κ1) is 23.0. The SMILES string of the molecule is CC(=O)O[C@@H]1[C@@H](OC(C)=O)[C@H](n2cc(/C=C/C(=O)O)c3ccccc32)OC[C@@H]1OC(C)=O. The molecule has 0 spiro atoms. The summed E-state index contributed by atoms with van der Waals surface area (Å²) in [6.07, 6.45) is -0.0642. The van der Waals surface area contributed by atoms with Gasteiger partial charge in [0.05, 0.1) is 12.1 Å². The van der Waals surface area contributed by atoms with Gasteiger partial charge < -0.3 is 28.6 Å². The molecule has 4 atom stereocenters. The van der Waals surface area contributed by atoms with Crippen molar-refractivity contribution in [3.05, 3.63) is 42.1 Å². The number of carboxylic acids is 1. The minimum absolute atomic E-state index is 0.118. The molecule has 1 N–H and O–H groups in total. The number of hydrogen-bond acceptors (Lipinski definition) is 8. The number of para-hydroxylation sites is 1. The van der Waals surface area contributed by atoms with Gasteiger partial charge in [0.2, 0.25) is 0 Å². The Labute approximate surface area is 183 Å². The number of aliphatic carboxylic acids is 1. The van der Waals surface area contributed by atoms with Crippen molar-refractivity contribution < 1.29 is 43.2 Å². The normalized spacial score (nSPS) is 23.1. The van der Waals surface area contributed by atoms with E-state index in [1.54, 1.807) is 29.0 Å². The average Bonchev–Trinajstić information content (AvgIpc) is 3.06. The molecule has 1 fully saturated rings. The smallest absolute Gasteiger partial charge is 0.328 e. The van der Waals surface area contributed by atoms with Crippen molar-refractivity contribution in [1.29, 1.82) is 0 Å². The topological polar surface area (TPSA) is 130 Å². The molecule has 32 heavy (non-hydrogen) atoms. The Bertz CT molecular complexity index is 1070. The summed E-state index contributed by atoms with van der Waals surface area (Å²) in [6, 6.07) is 7.19. The van der Waals surface area contributed by atoms with Gasteiger partial charge in [-0.3, -0.25) is 14.4 Å². The predicted molar refractivity (Wildman–Crippen MR) is 110 cm³/mol. The molecule has 1 saturated heterocycles. The predicted octanol–water partition coefficient (Wildman–Crippen LogP) is 2.06. The maximum atomic E-state index is 11.9. The lowest BCUT2D eigenvalue weighted by Crippen LogP contribution is -2.55. The fourth-order valence-electron chi connectivity index (χ4n) is 3.70. The van der Waals surface area contributed by atoms with E-state index in [9.17, 15) is 19.2 Å². The summed E-state index contributed by atoms with van der Waals surface area (Å²) in [5, 5.41) is 9.73. The number of fused-ring (bicyclic) bond motifs is 1. The number of hydrogen-bond donors (Lipinski definition) is 1. The standard InChI is InChI=1S/C22H23NO9/c1-12(24)30-18-11-29-22(21(32-14(3)26)20(18)31-13(2)25)23-10-15(8-9-19(27)28)16-6-4-5-7-17(16)23/h4-10,18,20-22H,11H2,1-3H3,(H,27,28)/b9-8+/t18-,20-,21+,22+/m0/s1. The Hall–Kier alpha value is -3.66. The number of rotatable bonds is 6. The van der Waals surface area contributed by atoms with Gasteiger partial charge in [0.1, 0.15) is 0 Å². The highest BCUT2D eigenvalue weighted by atomic mass is 16.6. The third-order valence-corrected chi connectivity index (χ3v) is 4.77. The van der Waals surface area contributed by atoms with E-state index in [1.807, 2.05) is 6.07 Å². The van der Waals surface area contributed by atoms with Crippen LogP contribution in [-0.4, -0.2) is 58.5 Å². The molecule has 10 heteroatoms. The van der Waals surface area contributed by atoms with Crippen molar-refractivity contribution >= 4 is 40.9 Å². The summed E-state index contributed by atoms with van der Waals surface area (Å²) in [5.41, 5.74) is 1.27. The molecule has 0 unspecified atom stereocenters. The molecule has 10 nitrogen and oxygen atoms in total.